The van der Waals surface area contributed by atoms with Gasteiger partial charge < -0.3 is 5.73 Å². The van der Waals surface area contributed by atoms with Crippen molar-refractivity contribution in [2.45, 2.75) is 32.7 Å². The van der Waals surface area contributed by atoms with Gasteiger partial charge in [-0.3, -0.25) is 14.5 Å². The lowest BCUT2D eigenvalue weighted by Crippen LogP contribution is -2.29. The van der Waals surface area contributed by atoms with Crippen LogP contribution in [0.15, 0.2) is 0 Å². The van der Waals surface area contributed by atoms with Crippen molar-refractivity contribution < 1.29 is 9.59 Å². The largest absolute Gasteiger partial charge is 0.369 e. The molecule has 1 aliphatic heterocycles. The molecule has 0 bridgehead atoms. The van der Waals surface area contributed by atoms with Crippen LogP contribution in [0.2, 0.25) is 0 Å². The Morgan fingerprint density at radius 3 is 2.94 bits per heavy atom. The zero-order valence-electron chi connectivity index (χ0n) is 10.2. The van der Waals surface area contributed by atoms with Gasteiger partial charge in [-0.1, -0.05) is 18.4 Å². The second kappa shape index (κ2) is 5.11. The summed E-state index contributed by atoms with van der Waals surface area (Å²) in [5.74, 6) is -0.863. The molecule has 1 aromatic heterocycles. The lowest BCUT2D eigenvalue weighted by Gasteiger charge is -2.09. The summed E-state index contributed by atoms with van der Waals surface area (Å²) in [5, 5.41) is 11.8. The summed E-state index contributed by atoms with van der Waals surface area (Å²) in [5.41, 5.74) is 5.19. The van der Waals surface area contributed by atoms with Gasteiger partial charge in [0.15, 0.2) is 0 Å². The molecule has 1 unspecified atom stereocenters. The normalized spacial score (nSPS) is 19.5. The number of aryl methyl sites for hydroxylation is 1. The van der Waals surface area contributed by atoms with Crippen LogP contribution in [0.1, 0.15) is 26.2 Å². The average molecular weight is 252 g/mol. The summed E-state index contributed by atoms with van der Waals surface area (Å²) < 4.78 is 0. The maximum atomic E-state index is 11.7. The van der Waals surface area contributed by atoms with E-state index in [2.05, 4.69) is 22.3 Å². The van der Waals surface area contributed by atoms with Crippen molar-refractivity contribution in [1.82, 2.24) is 20.2 Å². The maximum absolute atomic E-state index is 11.7. The number of nitrogens with zero attached hydrogens (tertiary/aromatic N) is 5. The molecule has 0 spiro atoms. The van der Waals surface area contributed by atoms with Crippen molar-refractivity contribution in [2.75, 3.05) is 11.4 Å². The Bertz CT molecular complexity index is 457. The third kappa shape index (κ3) is 2.47. The van der Waals surface area contributed by atoms with Crippen LogP contribution in [0.3, 0.4) is 0 Å². The molecule has 1 aliphatic rings. The Morgan fingerprint density at radius 1 is 1.56 bits per heavy atom. The lowest BCUT2D eigenvalue weighted by molar-refractivity contribution is -0.123. The van der Waals surface area contributed by atoms with E-state index < -0.39 is 11.8 Å². The van der Waals surface area contributed by atoms with Crippen molar-refractivity contribution in [3.63, 3.8) is 0 Å². The molecule has 2 rings (SSSR count). The van der Waals surface area contributed by atoms with Crippen LogP contribution < -0.4 is 10.6 Å². The van der Waals surface area contributed by atoms with Gasteiger partial charge in [-0.15, -0.1) is 5.10 Å². The molecule has 8 nitrogen and oxygen atoms in total. The number of tetrazole rings is 1. The zero-order chi connectivity index (χ0) is 13.1. The van der Waals surface area contributed by atoms with Gasteiger partial charge in [-0.05, 0) is 11.6 Å². The number of carbonyl (C=O) groups excluding carboxylic acids is 2. The molecule has 0 aromatic carbocycles. The third-order valence-corrected chi connectivity index (χ3v) is 2.92. The Balaban J connectivity index is 2.05. The smallest absolute Gasteiger partial charge is 0.272 e. The summed E-state index contributed by atoms with van der Waals surface area (Å²) in [7, 11) is 0. The fourth-order valence-electron chi connectivity index (χ4n) is 1.83. The predicted octanol–water partition coefficient (Wildman–Crippen LogP) is -0.689. The number of primary amides is 1. The van der Waals surface area contributed by atoms with Gasteiger partial charge in [-0.25, -0.2) is 0 Å². The van der Waals surface area contributed by atoms with Gasteiger partial charge >= 0.3 is 0 Å². The molecule has 18 heavy (non-hydrogen) atoms. The van der Waals surface area contributed by atoms with E-state index in [-0.39, 0.29) is 24.8 Å². The molecule has 1 fully saturated rings. The molecule has 0 saturated carbocycles. The minimum absolute atomic E-state index is 0.124. The summed E-state index contributed by atoms with van der Waals surface area (Å²) in [6.07, 6.45) is 2.11. The van der Waals surface area contributed by atoms with E-state index >= 15 is 0 Å². The molecule has 1 aromatic rings. The maximum Gasteiger partial charge on any atom is 0.272 e. The van der Waals surface area contributed by atoms with Gasteiger partial charge in [0.25, 0.3) is 5.95 Å². The van der Waals surface area contributed by atoms with Crippen LogP contribution in [-0.2, 0) is 16.1 Å². The predicted molar refractivity (Wildman–Crippen MR) is 62.4 cm³/mol. The molecule has 2 amide bonds. The van der Waals surface area contributed by atoms with E-state index in [1.54, 1.807) is 0 Å². The average Bonchev–Trinajstić information content (AvgIpc) is 2.92. The highest BCUT2D eigenvalue weighted by Crippen LogP contribution is 2.21. The number of carbonyl (C=O) groups is 2. The molecule has 2 N–H and O–H groups in total. The van der Waals surface area contributed by atoms with Crippen molar-refractivity contribution in [1.29, 1.82) is 0 Å². The monoisotopic (exact) mass is 252 g/mol. The van der Waals surface area contributed by atoms with Crippen LogP contribution in [0, 0.1) is 5.92 Å². The Kier molecular flexibility index (Phi) is 3.54. The van der Waals surface area contributed by atoms with E-state index in [1.807, 2.05) is 0 Å². The molecule has 1 saturated heterocycles. The van der Waals surface area contributed by atoms with Gasteiger partial charge in [0.1, 0.15) is 0 Å². The van der Waals surface area contributed by atoms with E-state index in [9.17, 15) is 9.59 Å². The third-order valence-electron chi connectivity index (χ3n) is 2.92. The number of hydrogen-bond donors (Lipinski definition) is 1. The van der Waals surface area contributed by atoms with Crippen LogP contribution in [0.5, 0.6) is 0 Å². The van der Waals surface area contributed by atoms with Crippen molar-refractivity contribution in [3.05, 3.63) is 0 Å². The second-order valence-electron chi connectivity index (χ2n) is 4.35. The van der Waals surface area contributed by atoms with E-state index in [4.69, 9.17) is 5.73 Å². The van der Waals surface area contributed by atoms with E-state index in [1.165, 1.54) is 9.70 Å². The number of unbranched alkanes of at least 4 members (excludes halogenated alkanes) is 1. The first-order valence-electron chi connectivity index (χ1n) is 5.99. The molecule has 1 atom stereocenters. The summed E-state index contributed by atoms with van der Waals surface area (Å²) >= 11 is 0. The van der Waals surface area contributed by atoms with Gasteiger partial charge in [0.05, 0.1) is 12.5 Å². The molecule has 8 heteroatoms. The number of nitrogens with two attached hydrogens (primary N) is 1. The highest BCUT2D eigenvalue weighted by molar-refractivity contribution is 5.98. The van der Waals surface area contributed by atoms with Crippen molar-refractivity contribution in [2.24, 2.45) is 11.7 Å². The number of amides is 2. The molecular formula is C10H16N6O2. The summed E-state index contributed by atoms with van der Waals surface area (Å²) in [6, 6.07) is 0. The molecule has 0 aliphatic carbocycles. The molecule has 98 valence electrons. The van der Waals surface area contributed by atoms with Crippen LogP contribution in [0.25, 0.3) is 0 Å². The quantitative estimate of drug-likeness (QED) is 0.746. The second-order valence-corrected chi connectivity index (χ2v) is 4.35. The molecule has 0 radical (unpaired) electrons. The summed E-state index contributed by atoms with van der Waals surface area (Å²) in [4.78, 5) is 25.6. The Morgan fingerprint density at radius 2 is 2.33 bits per heavy atom. The topological polar surface area (TPSA) is 107 Å². The molecule has 2 heterocycles. The number of rotatable bonds is 5. The summed E-state index contributed by atoms with van der Waals surface area (Å²) in [6.45, 7) is 2.98. The lowest BCUT2D eigenvalue weighted by atomic mass is 10.1. The highest BCUT2D eigenvalue weighted by atomic mass is 16.2. The van der Waals surface area contributed by atoms with Crippen molar-refractivity contribution in [3.8, 4) is 0 Å². The fourth-order valence-corrected chi connectivity index (χ4v) is 1.83. The first-order chi connectivity index (χ1) is 8.61. The minimum atomic E-state index is -0.468. The van der Waals surface area contributed by atoms with Crippen LogP contribution >= 0.6 is 0 Å². The van der Waals surface area contributed by atoms with Gasteiger partial charge in [0, 0.05) is 13.0 Å². The minimum Gasteiger partial charge on any atom is -0.369 e. The number of anilines is 1. The van der Waals surface area contributed by atoms with Crippen LogP contribution in [0.4, 0.5) is 5.95 Å². The van der Waals surface area contributed by atoms with Crippen LogP contribution in [-0.4, -0.2) is 38.6 Å². The van der Waals surface area contributed by atoms with Gasteiger partial charge in [0.2, 0.25) is 11.8 Å². The fraction of sp³-hybridized carbons (Fsp3) is 0.700. The molecular weight excluding hydrogens is 236 g/mol. The van der Waals surface area contributed by atoms with Crippen molar-refractivity contribution >= 4 is 17.8 Å². The van der Waals surface area contributed by atoms with Gasteiger partial charge in [-0.2, -0.15) is 4.80 Å². The SMILES string of the molecule is CCCCn1nnc(N2CC(C(N)=O)CC2=O)n1. The number of hydrogen-bond acceptors (Lipinski definition) is 5. The number of aromatic nitrogens is 4. The van der Waals surface area contributed by atoms with E-state index in [0.717, 1.165) is 12.8 Å². The highest BCUT2D eigenvalue weighted by Gasteiger charge is 2.36. The standard InChI is InChI=1S/C10H16N6O2/c1-2-3-4-16-13-10(12-14-16)15-6-7(9(11)18)5-8(15)17/h7H,2-6H2,1H3,(H2,11,18). The Hall–Kier alpha value is -1.99. The first kappa shape index (κ1) is 12.5. The Labute approximate surface area is 104 Å². The zero-order valence-corrected chi connectivity index (χ0v) is 10.2. The van der Waals surface area contributed by atoms with E-state index in [0.29, 0.717) is 6.54 Å². The first-order valence-corrected chi connectivity index (χ1v) is 5.99.